The minimum Gasteiger partial charge on any atom is -0.497 e. The third-order valence-corrected chi connectivity index (χ3v) is 5.04. The van der Waals surface area contributed by atoms with Gasteiger partial charge in [-0.05, 0) is 62.4 Å². The zero-order chi connectivity index (χ0) is 19.9. The Morgan fingerprint density at radius 3 is 2.19 bits per heavy atom. The van der Waals surface area contributed by atoms with Crippen molar-refractivity contribution in [1.82, 2.24) is 5.32 Å². The summed E-state index contributed by atoms with van der Waals surface area (Å²) in [6.45, 7) is 3.71. The highest BCUT2D eigenvalue weighted by Crippen LogP contribution is 2.17. The predicted molar refractivity (Wildman–Crippen MR) is 105 cm³/mol. The van der Waals surface area contributed by atoms with Crippen molar-refractivity contribution in [3.8, 4) is 11.5 Å². The Labute approximate surface area is 159 Å². The van der Waals surface area contributed by atoms with Crippen LogP contribution in [-0.2, 0) is 10.0 Å². The number of carbonyl (C=O) groups excluding carboxylic acids is 1. The van der Waals surface area contributed by atoms with Crippen LogP contribution in [0.5, 0.6) is 11.5 Å². The lowest BCUT2D eigenvalue weighted by Gasteiger charge is -2.15. The molecule has 0 aromatic heterocycles. The van der Waals surface area contributed by atoms with Gasteiger partial charge in [-0.1, -0.05) is 0 Å². The van der Waals surface area contributed by atoms with Crippen molar-refractivity contribution in [3.05, 3.63) is 54.1 Å². The maximum atomic E-state index is 12.3. The first kappa shape index (κ1) is 20.6. The smallest absolute Gasteiger partial charge is 0.251 e. The van der Waals surface area contributed by atoms with Crippen LogP contribution in [0.25, 0.3) is 0 Å². The molecule has 2 rings (SSSR count). The number of hydrogen-bond donors (Lipinski definition) is 2. The summed E-state index contributed by atoms with van der Waals surface area (Å²) < 4.78 is 36.3. The average Bonchev–Trinajstić information content (AvgIpc) is 2.67. The molecular weight excluding hydrogens is 368 g/mol. The van der Waals surface area contributed by atoms with Gasteiger partial charge in [-0.15, -0.1) is 0 Å². The van der Waals surface area contributed by atoms with Gasteiger partial charge >= 0.3 is 0 Å². The van der Waals surface area contributed by atoms with Crippen molar-refractivity contribution < 1.29 is 22.7 Å². The number of ether oxygens (including phenoxy) is 2. The first-order valence-corrected chi connectivity index (χ1v) is 10.2. The molecule has 0 aliphatic heterocycles. The maximum absolute atomic E-state index is 12.3. The molecule has 2 aromatic carbocycles. The fourth-order valence-corrected chi connectivity index (χ4v) is 2.82. The predicted octanol–water partition coefficient (Wildman–Crippen LogP) is 2.65. The lowest BCUT2D eigenvalue weighted by atomic mass is 10.2. The topological polar surface area (TPSA) is 93.7 Å². The molecule has 146 valence electrons. The lowest BCUT2D eigenvalue weighted by Crippen LogP contribution is -2.36. The van der Waals surface area contributed by atoms with Gasteiger partial charge in [-0.25, -0.2) is 8.42 Å². The van der Waals surface area contributed by atoms with E-state index in [1.54, 1.807) is 62.6 Å². The minimum absolute atomic E-state index is 0.0129. The molecule has 0 radical (unpaired) electrons. The molecule has 1 amide bonds. The number of carbonyl (C=O) groups is 1. The summed E-state index contributed by atoms with van der Waals surface area (Å²) in [6, 6.07) is 13.2. The van der Waals surface area contributed by atoms with Crippen molar-refractivity contribution >= 4 is 21.6 Å². The highest BCUT2D eigenvalue weighted by Gasteiger charge is 2.12. The van der Waals surface area contributed by atoms with E-state index in [1.807, 2.05) is 6.92 Å². The van der Waals surface area contributed by atoms with Gasteiger partial charge in [0, 0.05) is 11.3 Å². The molecule has 0 saturated heterocycles. The van der Waals surface area contributed by atoms with Crippen molar-refractivity contribution in [2.45, 2.75) is 19.9 Å². The van der Waals surface area contributed by atoms with Crippen molar-refractivity contribution in [2.24, 2.45) is 0 Å². The van der Waals surface area contributed by atoms with Crippen LogP contribution in [0.4, 0.5) is 5.69 Å². The van der Waals surface area contributed by atoms with Crippen LogP contribution in [0.1, 0.15) is 24.2 Å². The molecule has 0 saturated carbocycles. The number of anilines is 1. The molecule has 0 fully saturated rings. The summed E-state index contributed by atoms with van der Waals surface area (Å²) in [6.07, 6.45) is 0. The maximum Gasteiger partial charge on any atom is 0.251 e. The van der Waals surface area contributed by atoms with E-state index in [1.165, 1.54) is 0 Å². The Kier molecular flexibility index (Phi) is 7.06. The van der Waals surface area contributed by atoms with Gasteiger partial charge in [0.1, 0.15) is 18.1 Å². The van der Waals surface area contributed by atoms with Crippen LogP contribution in [0.3, 0.4) is 0 Å². The Hall–Kier alpha value is -2.74. The second-order valence-corrected chi connectivity index (χ2v) is 7.95. The largest absolute Gasteiger partial charge is 0.497 e. The minimum atomic E-state index is -3.34. The summed E-state index contributed by atoms with van der Waals surface area (Å²) in [5.74, 6) is 1.16. The molecule has 27 heavy (non-hydrogen) atoms. The number of methoxy groups -OCH3 is 1. The van der Waals surface area contributed by atoms with Gasteiger partial charge in [0.25, 0.3) is 5.91 Å². The molecular formula is C19H24N2O5S. The molecule has 0 unspecified atom stereocenters. The van der Waals surface area contributed by atoms with Crippen LogP contribution in [0, 0.1) is 0 Å². The molecule has 0 heterocycles. The van der Waals surface area contributed by atoms with Gasteiger partial charge in [-0.3, -0.25) is 9.52 Å². The number of sulfonamides is 1. The first-order valence-electron chi connectivity index (χ1n) is 8.51. The number of nitrogens with one attached hydrogen (secondary N) is 2. The van der Waals surface area contributed by atoms with Crippen LogP contribution < -0.4 is 19.5 Å². The molecule has 2 aromatic rings. The van der Waals surface area contributed by atoms with E-state index < -0.39 is 10.0 Å². The number of benzene rings is 2. The Balaban J connectivity index is 1.86. The Bertz CT molecular complexity index is 849. The molecule has 7 nitrogen and oxygen atoms in total. The Morgan fingerprint density at radius 2 is 1.63 bits per heavy atom. The fraction of sp³-hybridized carbons (Fsp3) is 0.316. The summed E-state index contributed by atoms with van der Waals surface area (Å²) in [4.78, 5) is 12.3. The highest BCUT2D eigenvalue weighted by molar-refractivity contribution is 7.92. The molecule has 0 bridgehead atoms. The van der Waals surface area contributed by atoms with Gasteiger partial charge < -0.3 is 14.8 Å². The van der Waals surface area contributed by atoms with E-state index in [4.69, 9.17) is 9.47 Å². The van der Waals surface area contributed by atoms with E-state index in [-0.39, 0.29) is 17.7 Å². The molecule has 2 N–H and O–H groups in total. The zero-order valence-electron chi connectivity index (χ0n) is 15.6. The molecule has 8 heteroatoms. The number of hydrogen-bond acceptors (Lipinski definition) is 5. The number of rotatable bonds is 9. The summed E-state index contributed by atoms with van der Waals surface area (Å²) in [5, 5.41) is 2.84. The fourth-order valence-electron chi connectivity index (χ4n) is 2.18. The summed E-state index contributed by atoms with van der Waals surface area (Å²) in [7, 11) is -1.74. The van der Waals surface area contributed by atoms with Crippen LogP contribution in [0.2, 0.25) is 0 Å². The van der Waals surface area contributed by atoms with Gasteiger partial charge in [0.05, 0.1) is 18.9 Å². The van der Waals surface area contributed by atoms with E-state index in [0.717, 1.165) is 5.75 Å². The van der Waals surface area contributed by atoms with Gasteiger partial charge in [0.2, 0.25) is 10.0 Å². The first-order chi connectivity index (χ1) is 12.8. The quantitative estimate of drug-likeness (QED) is 0.684. The zero-order valence-corrected chi connectivity index (χ0v) is 16.4. The van der Waals surface area contributed by atoms with Crippen LogP contribution in [-0.4, -0.2) is 39.8 Å². The lowest BCUT2D eigenvalue weighted by molar-refractivity contribution is 0.0926. The molecule has 1 atom stereocenters. The summed E-state index contributed by atoms with van der Waals surface area (Å²) >= 11 is 0. The standard InChI is InChI=1S/C19H24N2O5S/c1-4-27(23,24)21-16-7-5-15(6-8-16)19(22)20-14(2)13-26-18-11-9-17(25-3)10-12-18/h5-12,14,21H,4,13H2,1-3H3,(H,20,22)/t14-/m1/s1. The SMILES string of the molecule is CCS(=O)(=O)Nc1ccc(C(=O)N[C@H](C)COc2ccc(OC)cc2)cc1. The second kappa shape index (κ2) is 9.27. The van der Waals surface area contributed by atoms with Crippen molar-refractivity contribution in [1.29, 1.82) is 0 Å². The summed E-state index contributed by atoms with van der Waals surface area (Å²) in [5.41, 5.74) is 0.857. The Morgan fingerprint density at radius 1 is 1.04 bits per heavy atom. The highest BCUT2D eigenvalue weighted by atomic mass is 32.2. The molecule has 0 aliphatic carbocycles. The van der Waals surface area contributed by atoms with Crippen LogP contribution in [0.15, 0.2) is 48.5 Å². The third kappa shape index (κ3) is 6.49. The van der Waals surface area contributed by atoms with E-state index in [0.29, 0.717) is 23.6 Å². The number of amides is 1. The second-order valence-electron chi connectivity index (χ2n) is 5.94. The van der Waals surface area contributed by atoms with Crippen molar-refractivity contribution in [3.63, 3.8) is 0 Å². The van der Waals surface area contributed by atoms with Crippen molar-refractivity contribution in [2.75, 3.05) is 24.2 Å². The van der Waals surface area contributed by atoms with E-state index in [2.05, 4.69) is 10.0 Å². The van der Waals surface area contributed by atoms with Gasteiger partial charge in [0.15, 0.2) is 0 Å². The normalized spacial score (nSPS) is 12.1. The van der Waals surface area contributed by atoms with Crippen LogP contribution >= 0.6 is 0 Å². The molecule has 0 aliphatic rings. The third-order valence-electron chi connectivity index (χ3n) is 3.74. The van der Waals surface area contributed by atoms with E-state index >= 15 is 0 Å². The average molecular weight is 392 g/mol. The van der Waals surface area contributed by atoms with E-state index in [9.17, 15) is 13.2 Å². The monoisotopic (exact) mass is 392 g/mol. The van der Waals surface area contributed by atoms with Gasteiger partial charge in [-0.2, -0.15) is 0 Å². The molecule has 0 spiro atoms.